The Kier molecular flexibility index (Phi) is 4.80. The number of fused-ring (bicyclic) bond motifs is 4. The van der Waals surface area contributed by atoms with E-state index in [2.05, 4.69) is 95.0 Å². The minimum Gasteiger partial charge on any atom is -0.255 e. The molecule has 31 heavy (non-hydrogen) atoms. The molecule has 0 atom stereocenters. The Labute approximate surface area is 189 Å². The summed E-state index contributed by atoms with van der Waals surface area (Å²) in [6.07, 6.45) is 1.99. The Balaban J connectivity index is 1.86. The second-order valence-corrected chi connectivity index (χ2v) is 16.0. The third-order valence-corrected chi connectivity index (χ3v) is 9.88. The van der Waals surface area contributed by atoms with Crippen molar-refractivity contribution in [1.82, 2.24) is 4.98 Å². The third-order valence-electron chi connectivity index (χ3n) is 6.30. The largest absolute Gasteiger partial charge is 0.255 e. The first-order valence-corrected chi connectivity index (χ1v) is 15.4. The molecule has 0 saturated heterocycles. The van der Waals surface area contributed by atoms with Gasteiger partial charge in [0.15, 0.2) is 0 Å². The molecule has 2 aromatic heterocycles. The monoisotopic (exact) mass is 439 g/mol. The van der Waals surface area contributed by atoms with Crippen LogP contribution in [-0.2, 0) is 0 Å². The Hall–Kier alpha value is -2.49. The van der Waals surface area contributed by atoms with E-state index >= 15 is 0 Å². The number of hydrogen-bond acceptors (Lipinski definition) is 2. The van der Waals surface area contributed by atoms with Gasteiger partial charge in [0.05, 0.1) is 18.5 Å². The molecule has 3 aromatic carbocycles. The van der Waals surface area contributed by atoms with Crippen molar-refractivity contribution in [3.63, 3.8) is 0 Å². The number of aromatic nitrogens is 1. The van der Waals surface area contributed by atoms with E-state index in [0.29, 0.717) is 5.92 Å². The van der Waals surface area contributed by atoms with Gasteiger partial charge in [0.2, 0.25) is 0 Å². The summed E-state index contributed by atoms with van der Waals surface area (Å²) in [5, 5.41) is 6.96. The van der Waals surface area contributed by atoms with Gasteiger partial charge in [-0.25, -0.2) is 0 Å². The first kappa shape index (κ1) is 20.4. The van der Waals surface area contributed by atoms with Gasteiger partial charge in [-0.3, -0.25) is 4.98 Å². The van der Waals surface area contributed by atoms with E-state index in [-0.39, 0.29) is 0 Å². The number of nitrogens with zero attached hydrogens (tertiary/aromatic N) is 1. The fourth-order valence-corrected chi connectivity index (χ4v) is 9.42. The van der Waals surface area contributed by atoms with E-state index in [9.17, 15) is 0 Å². The summed E-state index contributed by atoms with van der Waals surface area (Å²) in [4.78, 5) is 4.92. The topological polar surface area (TPSA) is 12.9 Å². The Morgan fingerprint density at radius 2 is 1.58 bits per heavy atom. The van der Waals surface area contributed by atoms with Crippen molar-refractivity contribution in [3.8, 4) is 11.3 Å². The standard InChI is InChI=1S/C28H29NSSi/c1-17(2)24-16-20(15-19-9-7-8-10-21(19)24)25-26-23(13-14-29-25)22-12-11-18(3)28(27(22)30-26)31(4,5)6/h7-17H,1-6H3. The summed E-state index contributed by atoms with van der Waals surface area (Å²) in [6.45, 7) is 14.2. The minimum atomic E-state index is -1.47. The molecule has 0 aliphatic carbocycles. The van der Waals surface area contributed by atoms with Crippen molar-refractivity contribution in [3.05, 3.63) is 71.9 Å². The maximum atomic E-state index is 4.92. The molecule has 3 heteroatoms. The van der Waals surface area contributed by atoms with Crippen molar-refractivity contribution in [2.24, 2.45) is 0 Å². The predicted molar refractivity (Wildman–Crippen MR) is 142 cm³/mol. The quantitative estimate of drug-likeness (QED) is 0.258. The molecule has 0 N–H and O–H groups in total. The van der Waals surface area contributed by atoms with E-state index in [1.807, 2.05) is 17.5 Å². The van der Waals surface area contributed by atoms with Gasteiger partial charge in [-0.15, -0.1) is 11.3 Å². The number of thiophene rings is 1. The van der Waals surface area contributed by atoms with Gasteiger partial charge in [0, 0.05) is 27.2 Å². The van der Waals surface area contributed by atoms with Gasteiger partial charge < -0.3 is 0 Å². The first-order chi connectivity index (χ1) is 14.8. The highest BCUT2D eigenvalue weighted by Crippen LogP contribution is 2.40. The second kappa shape index (κ2) is 7.28. The van der Waals surface area contributed by atoms with Crippen LogP contribution >= 0.6 is 11.3 Å². The van der Waals surface area contributed by atoms with Crippen LogP contribution in [0.25, 0.3) is 42.2 Å². The molecular weight excluding hydrogens is 410 g/mol. The Morgan fingerprint density at radius 3 is 2.32 bits per heavy atom. The molecule has 0 fully saturated rings. The van der Waals surface area contributed by atoms with Crippen LogP contribution in [0.3, 0.4) is 0 Å². The summed E-state index contributed by atoms with van der Waals surface area (Å²) in [7, 11) is -1.47. The SMILES string of the molecule is Cc1ccc2c(sc3c(-c4cc(C(C)C)c5ccccc5c4)nccc32)c1[Si](C)(C)C. The van der Waals surface area contributed by atoms with Gasteiger partial charge in [-0.2, -0.15) is 0 Å². The number of hydrogen-bond donors (Lipinski definition) is 0. The Morgan fingerprint density at radius 1 is 0.839 bits per heavy atom. The highest BCUT2D eigenvalue weighted by molar-refractivity contribution is 7.28. The fraction of sp³-hybridized carbons (Fsp3) is 0.250. The van der Waals surface area contributed by atoms with Crippen LogP contribution in [0, 0.1) is 6.92 Å². The van der Waals surface area contributed by atoms with Crippen LogP contribution < -0.4 is 5.19 Å². The Bertz CT molecular complexity index is 1450. The molecule has 0 saturated carbocycles. The lowest BCUT2D eigenvalue weighted by atomic mass is 9.92. The molecule has 0 aliphatic heterocycles. The highest BCUT2D eigenvalue weighted by atomic mass is 32.1. The van der Waals surface area contributed by atoms with Crippen LogP contribution in [0.15, 0.2) is 60.8 Å². The van der Waals surface area contributed by atoms with Gasteiger partial charge in [0.1, 0.15) is 0 Å². The lowest BCUT2D eigenvalue weighted by molar-refractivity contribution is 0.876. The predicted octanol–water partition coefficient (Wildman–Crippen LogP) is 8.25. The van der Waals surface area contributed by atoms with Crippen molar-refractivity contribution in [2.75, 3.05) is 0 Å². The summed E-state index contributed by atoms with van der Waals surface area (Å²) >= 11 is 1.94. The molecule has 0 spiro atoms. The molecule has 0 radical (unpaired) electrons. The zero-order valence-corrected chi connectivity index (χ0v) is 21.0. The molecule has 0 amide bonds. The molecule has 1 nitrogen and oxygen atoms in total. The molecule has 0 unspecified atom stereocenters. The van der Waals surface area contributed by atoms with Crippen LogP contribution in [0.5, 0.6) is 0 Å². The number of rotatable bonds is 3. The zero-order valence-electron chi connectivity index (χ0n) is 19.2. The van der Waals surface area contributed by atoms with Crippen molar-refractivity contribution < 1.29 is 0 Å². The minimum absolute atomic E-state index is 0.465. The average molecular weight is 440 g/mol. The molecule has 0 bridgehead atoms. The van der Waals surface area contributed by atoms with E-state index in [0.717, 1.165) is 5.69 Å². The maximum absolute atomic E-state index is 4.92. The first-order valence-electron chi connectivity index (χ1n) is 11.1. The van der Waals surface area contributed by atoms with Crippen molar-refractivity contribution >= 4 is 55.5 Å². The van der Waals surface area contributed by atoms with Gasteiger partial charge in [-0.1, -0.05) is 75.5 Å². The van der Waals surface area contributed by atoms with Gasteiger partial charge in [0.25, 0.3) is 0 Å². The molecule has 156 valence electrons. The van der Waals surface area contributed by atoms with Crippen LogP contribution in [0.2, 0.25) is 19.6 Å². The lowest BCUT2D eigenvalue weighted by Crippen LogP contribution is -2.39. The zero-order chi connectivity index (χ0) is 21.9. The summed E-state index contributed by atoms with van der Waals surface area (Å²) in [5.41, 5.74) is 5.17. The normalized spacial score (nSPS) is 12.5. The van der Waals surface area contributed by atoms with E-state index in [4.69, 9.17) is 4.98 Å². The van der Waals surface area contributed by atoms with E-state index in [1.165, 1.54) is 47.6 Å². The third kappa shape index (κ3) is 3.31. The number of pyridine rings is 1. The summed E-state index contributed by atoms with van der Waals surface area (Å²) < 4.78 is 2.78. The number of benzene rings is 3. The lowest BCUT2D eigenvalue weighted by Gasteiger charge is -2.20. The highest BCUT2D eigenvalue weighted by Gasteiger charge is 2.24. The summed E-state index contributed by atoms with van der Waals surface area (Å²) in [6, 6.07) is 20.2. The van der Waals surface area contributed by atoms with Crippen LogP contribution in [0.1, 0.15) is 30.9 Å². The average Bonchev–Trinajstić information content (AvgIpc) is 3.09. The smallest absolute Gasteiger partial charge is 0.0880 e. The molecular formula is C28H29NSSi. The van der Waals surface area contributed by atoms with Crippen LogP contribution in [-0.4, -0.2) is 13.1 Å². The summed E-state index contributed by atoms with van der Waals surface area (Å²) in [5.74, 6) is 0.465. The molecule has 0 aliphatic rings. The molecule has 2 heterocycles. The van der Waals surface area contributed by atoms with Crippen LogP contribution in [0.4, 0.5) is 0 Å². The maximum Gasteiger partial charge on any atom is 0.0880 e. The fourth-order valence-electron chi connectivity index (χ4n) is 4.96. The van der Waals surface area contributed by atoms with E-state index in [1.54, 1.807) is 5.19 Å². The number of aryl methyl sites for hydroxylation is 1. The van der Waals surface area contributed by atoms with E-state index < -0.39 is 8.07 Å². The molecule has 5 rings (SSSR count). The second-order valence-electron chi connectivity index (χ2n) is 9.96. The molecule has 5 aromatic rings. The van der Waals surface area contributed by atoms with Crippen molar-refractivity contribution in [1.29, 1.82) is 0 Å². The van der Waals surface area contributed by atoms with Gasteiger partial charge in [-0.05, 0) is 52.6 Å². The van der Waals surface area contributed by atoms with Gasteiger partial charge >= 0.3 is 0 Å². The van der Waals surface area contributed by atoms with Crippen molar-refractivity contribution in [2.45, 2.75) is 46.3 Å².